The Morgan fingerprint density at radius 1 is 0.802 bits per heavy atom. The van der Waals surface area contributed by atoms with Crippen molar-refractivity contribution in [3.8, 4) is 16.2 Å². The summed E-state index contributed by atoms with van der Waals surface area (Å²) in [6.07, 6.45) is 0.687. The molecule has 1 unspecified atom stereocenters. The van der Waals surface area contributed by atoms with Crippen LogP contribution in [-0.2, 0) is 69.2 Å². The van der Waals surface area contributed by atoms with Crippen molar-refractivity contribution in [2.24, 2.45) is 17.3 Å². The first-order chi connectivity index (χ1) is 43.8. The topological polar surface area (TPSA) is 225 Å². The van der Waals surface area contributed by atoms with Gasteiger partial charge < -0.3 is 54.0 Å². The highest BCUT2D eigenvalue weighted by atomic mass is 35.5. The van der Waals surface area contributed by atoms with Crippen molar-refractivity contribution in [2.75, 3.05) is 112 Å². The lowest BCUT2D eigenvalue weighted by Crippen LogP contribution is -2.58. The maximum atomic E-state index is 14.0. The molecule has 2 aliphatic heterocycles. The third-order valence-corrected chi connectivity index (χ3v) is 17.1. The van der Waals surface area contributed by atoms with Gasteiger partial charge in [0.1, 0.15) is 36.7 Å². The van der Waals surface area contributed by atoms with E-state index in [1.54, 1.807) is 16.0 Å². The summed E-state index contributed by atoms with van der Waals surface area (Å²) in [4.78, 5) is 67.5. The number of aliphatic hydroxyl groups excluding tert-OH is 1. The Balaban J connectivity index is 0.688. The van der Waals surface area contributed by atoms with Crippen LogP contribution in [0, 0.1) is 24.2 Å². The van der Waals surface area contributed by atoms with Gasteiger partial charge in [-0.3, -0.25) is 29.0 Å². The summed E-state index contributed by atoms with van der Waals surface area (Å²) < 4.78 is 37.2. The highest BCUT2D eigenvalue weighted by molar-refractivity contribution is 7.13. The SMILES string of the molecule is Cc1ncsc1-c1ccc(CNC(=O)[C@@H]2C[C@@H](O)CN2C(=O)[C@@H](NC(=O)COCCOCCOCCOCCn2cc(COc3ccc(C(CN4CCN(C(=O)CN(CC(C)C)CC(C)C)CC4)OCc4ccc5ccccc5c4)c(Cl)c3)nn2)C(C)(C)C)cc1. The molecule has 2 fully saturated rings. The first-order valence-electron chi connectivity index (χ1n) is 31.7. The van der Waals surface area contributed by atoms with E-state index < -0.39 is 35.4 Å². The molecule has 2 aliphatic rings. The molecule has 0 saturated carbocycles. The number of aryl methyl sites for hydroxylation is 1. The molecule has 4 aromatic carbocycles. The van der Waals surface area contributed by atoms with Gasteiger partial charge in [-0.25, -0.2) is 9.67 Å². The lowest BCUT2D eigenvalue weighted by Gasteiger charge is -2.37. The van der Waals surface area contributed by atoms with E-state index in [1.165, 1.54) is 10.3 Å². The monoisotopic (exact) mass is 1290 g/mol. The average molecular weight is 1290 g/mol. The first-order valence-corrected chi connectivity index (χ1v) is 33.0. The fourth-order valence-corrected chi connectivity index (χ4v) is 12.3. The largest absolute Gasteiger partial charge is 0.487 e. The van der Waals surface area contributed by atoms with Crippen LogP contribution in [0.2, 0.25) is 5.02 Å². The Morgan fingerprint density at radius 2 is 1.47 bits per heavy atom. The van der Waals surface area contributed by atoms with Gasteiger partial charge in [0.2, 0.25) is 23.6 Å². The quantitative estimate of drug-likeness (QED) is 0.0321. The van der Waals surface area contributed by atoms with E-state index >= 15 is 0 Å². The lowest BCUT2D eigenvalue weighted by atomic mass is 9.85. The van der Waals surface area contributed by atoms with Gasteiger partial charge in [0, 0.05) is 70.9 Å². The first kappa shape index (κ1) is 70.4. The number of hydrogen-bond acceptors (Lipinski definition) is 17. The van der Waals surface area contributed by atoms with E-state index in [9.17, 15) is 24.3 Å². The number of likely N-dealkylation sites (tertiary alicyclic amines) is 1. The third-order valence-electron chi connectivity index (χ3n) is 15.8. The number of β-amino-alcohol motifs (C(OH)–C–C–N with tert-alkyl or cyclic N) is 1. The van der Waals surface area contributed by atoms with Crippen molar-refractivity contribution < 1.29 is 52.7 Å². The number of hydrogen-bond donors (Lipinski definition) is 3. The number of halogens is 1. The molecule has 2 aromatic heterocycles. The minimum absolute atomic E-state index is 0.0242. The maximum absolute atomic E-state index is 14.0. The Hall–Kier alpha value is -6.44. The van der Waals surface area contributed by atoms with Crippen LogP contribution in [0.5, 0.6) is 5.75 Å². The van der Waals surface area contributed by atoms with E-state index in [0.29, 0.717) is 101 Å². The molecule has 23 heteroatoms. The van der Waals surface area contributed by atoms with Gasteiger partial charge in [-0.2, -0.15) is 0 Å². The molecule has 91 heavy (non-hydrogen) atoms. The summed E-state index contributed by atoms with van der Waals surface area (Å²) in [6.45, 7) is 25.1. The fraction of sp³-hybridized carbons (Fsp3) is 0.544. The van der Waals surface area contributed by atoms with Crippen LogP contribution in [-0.4, -0.2) is 198 Å². The van der Waals surface area contributed by atoms with Crippen LogP contribution in [0.3, 0.4) is 0 Å². The van der Waals surface area contributed by atoms with Gasteiger partial charge >= 0.3 is 0 Å². The molecule has 2 saturated heterocycles. The van der Waals surface area contributed by atoms with Crippen molar-refractivity contribution in [3.05, 3.63) is 130 Å². The van der Waals surface area contributed by atoms with E-state index in [4.69, 9.17) is 40.0 Å². The number of aromatic nitrogens is 4. The van der Waals surface area contributed by atoms with E-state index in [-0.39, 0.29) is 63.9 Å². The van der Waals surface area contributed by atoms with E-state index in [1.807, 2.05) is 98.9 Å². The lowest BCUT2D eigenvalue weighted by molar-refractivity contribution is -0.144. The van der Waals surface area contributed by atoms with Crippen molar-refractivity contribution in [3.63, 3.8) is 0 Å². The molecule has 4 heterocycles. The molecule has 0 radical (unpaired) electrons. The molecule has 8 rings (SSSR count). The van der Waals surface area contributed by atoms with Gasteiger partial charge in [-0.05, 0) is 69.8 Å². The zero-order chi connectivity index (χ0) is 64.9. The Bertz CT molecular complexity index is 3250. The van der Waals surface area contributed by atoms with Crippen LogP contribution < -0.4 is 15.4 Å². The van der Waals surface area contributed by atoms with E-state index in [2.05, 4.69) is 93.8 Å². The molecule has 0 aliphatic carbocycles. The molecule has 494 valence electrons. The van der Waals surface area contributed by atoms with Crippen LogP contribution in [0.1, 0.15) is 89.1 Å². The highest BCUT2D eigenvalue weighted by Gasteiger charge is 2.44. The van der Waals surface area contributed by atoms with Gasteiger partial charge in [0.05, 0.1) is 105 Å². The van der Waals surface area contributed by atoms with E-state index in [0.717, 1.165) is 64.4 Å². The van der Waals surface area contributed by atoms with Crippen molar-refractivity contribution in [1.82, 2.24) is 50.2 Å². The molecule has 4 amide bonds. The summed E-state index contributed by atoms with van der Waals surface area (Å²) >= 11 is 8.64. The number of piperazine rings is 1. The van der Waals surface area contributed by atoms with Gasteiger partial charge in [0.25, 0.3) is 0 Å². The van der Waals surface area contributed by atoms with Gasteiger partial charge in [-0.15, -0.1) is 16.4 Å². The van der Waals surface area contributed by atoms with Crippen molar-refractivity contribution in [2.45, 2.75) is 112 Å². The summed E-state index contributed by atoms with van der Waals surface area (Å²) in [5.74, 6) is 0.438. The molecule has 6 aromatic rings. The number of nitrogens with one attached hydrogen (secondary N) is 2. The zero-order valence-electron chi connectivity index (χ0n) is 54.2. The summed E-state index contributed by atoms with van der Waals surface area (Å²) in [5, 5.41) is 27.7. The zero-order valence-corrected chi connectivity index (χ0v) is 55.7. The number of rotatable bonds is 35. The fourth-order valence-electron chi connectivity index (χ4n) is 11.2. The number of carbonyl (C=O) groups is 4. The van der Waals surface area contributed by atoms with Crippen LogP contribution in [0.4, 0.5) is 0 Å². The summed E-state index contributed by atoms with van der Waals surface area (Å²) in [6, 6.07) is 26.4. The number of aliphatic hydroxyl groups is 1. The number of fused-ring (bicyclic) bond motifs is 1. The Kier molecular flexibility index (Phi) is 27.1. The van der Waals surface area contributed by atoms with Crippen molar-refractivity contribution >= 4 is 57.3 Å². The molecule has 0 spiro atoms. The number of thiazole rings is 1. The summed E-state index contributed by atoms with van der Waals surface area (Å²) in [7, 11) is 0. The molecular formula is C68H93ClN10O11S. The minimum Gasteiger partial charge on any atom is -0.487 e. The normalized spacial score (nSPS) is 16.3. The number of ether oxygens (including phenoxy) is 6. The third kappa shape index (κ3) is 22.1. The second-order valence-electron chi connectivity index (χ2n) is 25.4. The smallest absolute Gasteiger partial charge is 0.246 e. The predicted octanol–water partition coefficient (Wildman–Crippen LogP) is 7.99. The molecule has 21 nitrogen and oxygen atoms in total. The minimum atomic E-state index is -0.977. The molecule has 0 bridgehead atoms. The predicted molar refractivity (Wildman–Crippen MR) is 351 cm³/mol. The van der Waals surface area contributed by atoms with Crippen LogP contribution in [0.15, 0.2) is 96.6 Å². The summed E-state index contributed by atoms with van der Waals surface area (Å²) in [5.41, 5.74) is 6.57. The number of amides is 4. The second-order valence-corrected chi connectivity index (χ2v) is 26.7. The van der Waals surface area contributed by atoms with Crippen LogP contribution >= 0.6 is 22.9 Å². The standard InChI is InChI=1S/C68H93ClN10O11S/c1-47(2)37-76(38-48(3)4)42-63(82)77-23-21-75(22-24-77)41-61(90-43-51-15-16-52-11-9-10-12-54(52)33-51)58-20-19-57(35-59(58)69)89-44-55-39-78(74-73-55)25-26-85-27-28-86-29-30-87-31-32-88-45-62(81)72-65(68(6,7)8)67(84)79-40-56(80)34-60(79)66(83)70-36-50-13-17-53(18-14-50)64-49(5)71-46-91-64/h9-20,33,35,39,46-48,56,60-61,65,80H,21-32,34,36-38,40-45H2,1-8H3,(H,70,83)(H,72,81)/t56-,60+,61?,65-/m1/s1. The number of benzene rings is 4. The highest BCUT2D eigenvalue weighted by Crippen LogP contribution is 2.33. The number of nitrogens with zero attached hydrogens (tertiary/aromatic N) is 8. The van der Waals surface area contributed by atoms with Crippen molar-refractivity contribution in [1.29, 1.82) is 0 Å². The second kappa shape index (κ2) is 35.0. The molecule has 4 atom stereocenters. The Morgan fingerprint density at radius 3 is 2.13 bits per heavy atom. The maximum Gasteiger partial charge on any atom is 0.246 e. The molecule has 3 N–H and O–H groups in total. The average Bonchev–Trinajstić information content (AvgIpc) is 2.91. The van der Waals surface area contributed by atoms with Gasteiger partial charge in [0.15, 0.2) is 0 Å². The number of carbonyl (C=O) groups excluding carboxylic acids is 4. The van der Waals surface area contributed by atoms with Gasteiger partial charge in [-0.1, -0.05) is 132 Å². The molecular weight excluding hydrogens is 1200 g/mol. The Labute approximate surface area is 545 Å². The van der Waals surface area contributed by atoms with Crippen LogP contribution in [0.25, 0.3) is 21.2 Å².